The van der Waals surface area contributed by atoms with E-state index in [0.29, 0.717) is 6.04 Å². The minimum atomic E-state index is 0.0496. The Bertz CT molecular complexity index is 752. The van der Waals surface area contributed by atoms with Crippen LogP contribution in [0, 0.1) is 13.8 Å². The summed E-state index contributed by atoms with van der Waals surface area (Å²) in [6, 6.07) is 8.44. The third kappa shape index (κ3) is 4.07. The average molecular weight is 341 g/mol. The van der Waals surface area contributed by atoms with Crippen molar-refractivity contribution >= 4 is 5.91 Å². The van der Waals surface area contributed by atoms with Crippen molar-refractivity contribution < 1.29 is 4.79 Å². The second-order valence-corrected chi connectivity index (χ2v) is 7.05. The van der Waals surface area contributed by atoms with Crippen LogP contribution in [0.5, 0.6) is 0 Å². The molecule has 0 radical (unpaired) electrons. The first-order valence-electron chi connectivity index (χ1n) is 8.86. The SMILES string of the molecule is Cc1nc(C)n(C[C@H]2CCCN2Cc2cccc(C(=O)N(C)C)c2)n1. The van der Waals surface area contributed by atoms with E-state index < -0.39 is 0 Å². The molecule has 0 saturated carbocycles. The first-order chi connectivity index (χ1) is 11.9. The summed E-state index contributed by atoms with van der Waals surface area (Å²) in [6.45, 7) is 6.77. The van der Waals surface area contributed by atoms with Gasteiger partial charge in [-0.2, -0.15) is 5.10 Å². The van der Waals surface area contributed by atoms with Gasteiger partial charge in [0.1, 0.15) is 11.6 Å². The third-order valence-electron chi connectivity index (χ3n) is 4.81. The highest BCUT2D eigenvalue weighted by molar-refractivity contribution is 5.94. The zero-order chi connectivity index (χ0) is 18.0. The van der Waals surface area contributed by atoms with Crippen LogP contribution in [-0.2, 0) is 13.1 Å². The second-order valence-electron chi connectivity index (χ2n) is 7.05. The van der Waals surface area contributed by atoms with E-state index in [4.69, 9.17) is 0 Å². The van der Waals surface area contributed by atoms with Crippen molar-refractivity contribution in [2.45, 2.75) is 45.8 Å². The second kappa shape index (κ2) is 7.35. The molecule has 2 aromatic rings. The highest BCUT2D eigenvalue weighted by Gasteiger charge is 2.26. The fourth-order valence-electron chi connectivity index (χ4n) is 3.54. The summed E-state index contributed by atoms with van der Waals surface area (Å²) < 4.78 is 2.02. The van der Waals surface area contributed by atoms with Gasteiger partial charge in [0.2, 0.25) is 0 Å². The number of benzene rings is 1. The van der Waals surface area contributed by atoms with Gasteiger partial charge >= 0.3 is 0 Å². The number of carbonyl (C=O) groups is 1. The number of hydrogen-bond donors (Lipinski definition) is 0. The number of rotatable bonds is 5. The Balaban J connectivity index is 1.70. The van der Waals surface area contributed by atoms with Gasteiger partial charge in [0, 0.05) is 32.2 Å². The summed E-state index contributed by atoms with van der Waals surface area (Å²) in [5, 5.41) is 4.50. The molecule has 0 bridgehead atoms. The Hall–Kier alpha value is -2.21. The molecular formula is C19H27N5O. The quantitative estimate of drug-likeness (QED) is 0.837. The number of likely N-dealkylation sites (tertiary alicyclic amines) is 1. The van der Waals surface area contributed by atoms with Crippen LogP contribution in [0.25, 0.3) is 0 Å². The third-order valence-corrected chi connectivity index (χ3v) is 4.81. The molecule has 1 aliphatic rings. The van der Waals surface area contributed by atoms with E-state index in [0.717, 1.165) is 36.8 Å². The summed E-state index contributed by atoms with van der Waals surface area (Å²) in [5.41, 5.74) is 1.94. The molecule has 1 saturated heterocycles. The fourth-order valence-corrected chi connectivity index (χ4v) is 3.54. The molecule has 1 amide bonds. The average Bonchev–Trinajstić information content (AvgIpc) is 3.13. The predicted octanol–water partition coefficient (Wildman–Crippen LogP) is 2.26. The van der Waals surface area contributed by atoms with Gasteiger partial charge < -0.3 is 4.90 Å². The molecule has 1 aromatic heterocycles. The molecule has 1 aromatic carbocycles. The van der Waals surface area contributed by atoms with Crippen molar-refractivity contribution in [1.29, 1.82) is 0 Å². The highest BCUT2D eigenvalue weighted by atomic mass is 16.2. The monoisotopic (exact) mass is 341 g/mol. The van der Waals surface area contributed by atoms with Crippen molar-refractivity contribution in [2.75, 3.05) is 20.6 Å². The van der Waals surface area contributed by atoms with Gasteiger partial charge in [0.05, 0.1) is 6.54 Å². The molecule has 134 valence electrons. The first-order valence-corrected chi connectivity index (χ1v) is 8.86. The molecule has 1 fully saturated rings. The predicted molar refractivity (Wildman–Crippen MR) is 97.4 cm³/mol. The van der Waals surface area contributed by atoms with Crippen molar-refractivity contribution in [2.24, 2.45) is 0 Å². The Labute approximate surface area is 149 Å². The maximum absolute atomic E-state index is 12.2. The van der Waals surface area contributed by atoms with Crippen LogP contribution in [0.2, 0.25) is 0 Å². The molecule has 6 nitrogen and oxygen atoms in total. The van der Waals surface area contributed by atoms with Crippen molar-refractivity contribution in [3.63, 3.8) is 0 Å². The molecular weight excluding hydrogens is 314 g/mol. The molecule has 3 rings (SSSR count). The number of hydrogen-bond acceptors (Lipinski definition) is 4. The van der Waals surface area contributed by atoms with Crippen LogP contribution in [0.4, 0.5) is 0 Å². The summed E-state index contributed by atoms with van der Waals surface area (Å²) in [4.78, 5) is 20.7. The maximum Gasteiger partial charge on any atom is 0.253 e. The van der Waals surface area contributed by atoms with Crippen LogP contribution in [0.3, 0.4) is 0 Å². The van der Waals surface area contributed by atoms with E-state index in [2.05, 4.69) is 21.0 Å². The summed E-state index contributed by atoms with van der Waals surface area (Å²) in [5.74, 6) is 1.86. The van der Waals surface area contributed by atoms with Crippen molar-refractivity contribution in [1.82, 2.24) is 24.6 Å². The van der Waals surface area contributed by atoms with Crippen LogP contribution in [0.15, 0.2) is 24.3 Å². The summed E-state index contributed by atoms with van der Waals surface area (Å²) in [7, 11) is 3.57. The van der Waals surface area contributed by atoms with E-state index in [1.165, 1.54) is 18.4 Å². The van der Waals surface area contributed by atoms with Crippen LogP contribution >= 0.6 is 0 Å². The normalized spacial score (nSPS) is 17.8. The van der Waals surface area contributed by atoms with Gasteiger partial charge in [0.25, 0.3) is 5.91 Å². The van der Waals surface area contributed by atoms with Gasteiger partial charge in [0.15, 0.2) is 0 Å². The van der Waals surface area contributed by atoms with E-state index in [-0.39, 0.29) is 5.91 Å². The van der Waals surface area contributed by atoms with E-state index >= 15 is 0 Å². The Morgan fingerprint density at radius 3 is 2.80 bits per heavy atom. The first kappa shape index (κ1) is 17.6. The van der Waals surface area contributed by atoms with E-state index in [1.807, 2.05) is 36.7 Å². The van der Waals surface area contributed by atoms with E-state index in [1.54, 1.807) is 19.0 Å². The smallest absolute Gasteiger partial charge is 0.253 e. The van der Waals surface area contributed by atoms with Gasteiger partial charge in [-0.1, -0.05) is 12.1 Å². The van der Waals surface area contributed by atoms with Gasteiger partial charge in [-0.3, -0.25) is 9.69 Å². The molecule has 0 unspecified atom stereocenters. The molecule has 25 heavy (non-hydrogen) atoms. The topological polar surface area (TPSA) is 54.3 Å². The lowest BCUT2D eigenvalue weighted by Gasteiger charge is -2.25. The zero-order valence-corrected chi connectivity index (χ0v) is 15.6. The fraction of sp³-hybridized carbons (Fsp3) is 0.526. The standard InChI is InChI=1S/C19H27N5O/c1-14-20-15(2)24(21-14)13-18-9-6-10-23(18)12-16-7-5-8-17(11-16)19(25)22(3)4/h5,7-8,11,18H,6,9-10,12-13H2,1-4H3/t18-/m1/s1. The van der Waals surface area contributed by atoms with Crippen LogP contribution < -0.4 is 0 Å². The summed E-state index contributed by atoms with van der Waals surface area (Å²) >= 11 is 0. The number of aryl methyl sites for hydroxylation is 2. The minimum Gasteiger partial charge on any atom is -0.345 e. The number of amides is 1. The van der Waals surface area contributed by atoms with Crippen molar-refractivity contribution in [3.8, 4) is 0 Å². The molecule has 2 heterocycles. The number of nitrogens with zero attached hydrogens (tertiary/aromatic N) is 5. The van der Waals surface area contributed by atoms with Crippen LogP contribution in [0.1, 0.15) is 40.4 Å². The largest absolute Gasteiger partial charge is 0.345 e. The maximum atomic E-state index is 12.2. The summed E-state index contributed by atoms with van der Waals surface area (Å²) in [6.07, 6.45) is 2.38. The lowest BCUT2D eigenvalue weighted by Crippen LogP contribution is -2.33. The Kier molecular flexibility index (Phi) is 5.18. The van der Waals surface area contributed by atoms with Gasteiger partial charge in [-0.15, -0.1) is 0 Å². The molecule has 1 aliphatic heterocycles. The van der Waals surface area contributed by atoms with Gasteiger partial charge in [-0.25, -0.2) is 9.67 Å². The molecule has 6 heteroatoms. The highest BCUT2D eigenvalue weighted by Crippen LogP contribution is 2.22. The Morgan fingerprint density at radius 2 is 2.12 bits per heavy atom. The lowest BCUT2D eigenvalue weighted by atomic mass is 10.1. The molecule has 0 N–H and O–H groups in total. The molecule has 0 spiro atoms. The number of carbonyl (C=O) groups excluding carboxylic acids is 1. The van der Waals surface area contributed by atoms with Crippen LogP contribution in [-0.4, -0.2) is 57.2 Å². The molecule has 0 aliphatic carbocycles. The molecule has 1 atom stereocenters. The van der Waals surface area contributed by atoms with Gasteiger partial charge in [-0.05, 0) is 50.9 Å². The van der Waals surface area contributed by atoms with Crippen molar-refractivity contribution in [3.05, 3.63) is 47.0 Å². The van der Waals surface area contributed by atoms with E-state index in [9.17, 15) is 4.79 Å². The lowest BCUT2D eigenvalue weighted by molar-refractivity contribution is 0.0827. The number of aromatic nitrogens is 3. The minimum absolute atomic E-state index is 0.0496. The zero-order valence-electron chi connectivity index (χ0n) is 15.6. The Morgan fingerprint density at radius 1 is 1.32 bits per heavy atom.